The Labute approximate surface area is 184 Å². The molecule has 0 bridgehead atoms. The van der Waals surface area contributed by atoms with Gasteiger partial charge in [0.25, 0.3) is 0 Å². The maximum Gasteiger partial charge on any atom is 0.191 e. The summed E-state index contributed by atoms with van der Waals surface area (Å²) in [6, 6.07) is 19.1. The zero-order valence-corrected chi connectivity index (χ0v) is 19.0. The molecule has 0 saturated carbocycles. The van der Waals surface area contributed by atoms with Crippen LogP contribution in [0.5, 0.6) is 0 Å². The van der Waals surface area contributed by atoms with Gasteiger partial charge in [-0.15, -0.1) is 24.0 Å². The van der Waals surface area contributed by atoms with E-state index in [2.05, 4.69) is 78.1 Å². The molecule has 0 atom stereocenters. The molecule has 0 aliphatic heterocycles. The van der Waals surface area contributed by atoms with Crippen molar-refractivity contribution in [3.05, 3.63) is 77.6 Å². The fourth-order valence-electron chi connectivity index (χ4n) is 2.93. The standard InChI is InChI=1S/C22H27N5.HI/c1-4-23-22(25-16-21-11-12-26-27(21)3)24-15-18-8-6-10-20(14-18)19-9-5-7-17(2)13-19;/h5-14H,4,15-16H2,1-3H3,(H2,23,24,25);1H. The number of benzene rings is 2. The number of halogens is 1. The van der Waals surface area contributed by atoms with Crippen LogP contribution in [0.2, 0.25) is 0 Å². The van der Waals surface area contributed by atoms with Crippen molar-refractivity contribution < 1.29 is 0 Å². The lowest BCUT2D eigenvalue weighted by molar-refractivity contribution is 0.685. The van der Waals surface area contributed by atoms with Crippen LogP contribution in [0.15, 0.2) is 65.8 Å². The van der Waals surface area contributed by atoms with Gasteiger partial charge in [-0.3, -0.25) is 4.68 Å². The van der Waals surface area contributed by atoms with E-state index in [0.717, 1.165) is 18.2 Å². The molecule has 0 aliphatic rings. The minimum Gasteiger partial charge on any atom is -0.357 e. The first kappa shape index (κ1) is 21.9. The highest BCUT2D eigenvalue weighted by Gasteiger charge is 2.03. The van der Waals surface area contributed by atoms with Crippen LogP contribution < -0.4 is 10.6 Å². The van der Waals surface area contributed by atoms with Gasteiger partial charge in [0.2, 0.25) is 0 Å². The minimum absolute atomic E-state index is 0. The highest BCUT2D eigenvalue weighted by Crippen LogP contribution is 2.21. The molecular formula is C22H28IN5. The van der Waals surface area contributed by atoms with Gasteiger partial charge in [0.15, 0.2) is 5.96 Å². The van der Waals surface area contributed by atoms with Crippen LogP contribution in [0.4, 0.5) is 0 Å². The molecule has 0 fully saturated rings. The van der Waals surface area contributed by atoms with Gasteiger partial charge in [0.05, 0.1) is 18.8 Å². The number of aromatic nitrogens is 2. The third kappa shape index (κ3) is 6.09. The summed E-state index contributed by atoms with van der Waals surface area (Å²) in [5.41, 5.74) is 6.03. The molecule has 0 saturated heterocycles. The maximum absolute atomic E-state index is 4.73. The Balaban J connectivity index is 0.00000280. The van der Waals surface area contributed by atoms with Crippen LogP contribution in [0.1, 0.15) is 23.7 Å². The topological polar surface area (TPSA) is 54.2 Å². The van der Waals surface area contributed by atoms with E-state index in [4.69, 9.17) is 4.99 Å². The second-order valence-corrected chi connectivity index (χ2v) is 6.56. The highest BCUT2D eigenvalue weighted by atomic mass is 127. The summed E-state index contributed by atoms with van der Waals surface area (Å²) in [6.07, 6.45) is 1.80. The first-order chi connectivity index (χ1) is 13.2. The van der Waals surface area contributed by atoms with Crippen molar-refractivity contribution >= 4 is 29.9 Å². The van der Waals surface area contributed by atoms with E-state index in [9.17, 15) is 0 Å². The Morgan fingerprint density at radius 3 is 2.46 bits per heavy atom. The van der Waals surface area contributed by atoms with Crippen molar-refractivity contribution in [1.29, 1.82) is 0 Å². The van der Waals surface area contributed by atoms with Gasteiger partial charge in [-0.1, -0.05) is 48.0 Å². The Kier molecular flexibility index (Phi) is 8.50. The summed E-state index contributed by atoms with van der Waals surface area (Å²) in [6.45, 7) is 6.32. The van der Waals surface area contributed by atoms with Crippen molar-refractivity contribution in [1.82, 2.24) is 20.4 Å². The van der Waals surface area contributed by atoms with Crippen molar-refractivity contribution in [3.8, 4) is 11.1 Å². The molecule has 1 aromatic heterocycles. The zero-order chi connectivity index (χ0) is 19.1. The number of aliphatic imine (C=N–C) groups is 1. The summed E-state index contributed by atoms with van der Waals surface area (Å²) in [4.78, 5) is 4.73. The van der Waals surface area contributed by atoms with E-state index in [1.54, 1.807) is 6.20 Å². The Hall–Kier alpha value is -2.35. The average Bonchev–Trinajstić information content (AvgIpc) is 3.09. The molecule has 3 aromatic rings. The van der Waals surface area contributed by atoms with Gasteiger partial charge >= 0.3 is 0 Å². The molecule has 2 N–H and O–H groups in total. The van der Waals surface area contributed by atoms with Gasteiger partial charge in [-0.25, -0.2) is 4.99 Å². The van der Waals surface area contributed by atoms with Crippen LogP contribution in [-0.4, -0.2) is 22.3 Å². The molecule has 0 amide bonds. The summed E-state index contributed by atoms with van der Waals surface area (Å²) in [7, 11) is 1.94. The molecule has 1 heterocycles. The van der Waals surface area contributed by atoms with Gasteiger partial charge in [-0.2, -0.15) is 5.10 Å². The van der Waals surface area contributed by atoms with Crippen LogP contribution in [-0.2, 0) is 20.1 Å². The SMILES string of the molecule is CCNC(=NCc1cccc(-c2cccc(C)c2)c1)NCc1ccnn1C.I. The van der Waals surface area contributed by atoms with Gasteiger partial charge < -0.3 is 10.6 Å². The Morgan fingerprint density at radius 1 is 1.04 bits per heavy atom. The van der Waals surface area contributed by atoms with Crippen LogP contribution in [0.25, 0.3) is 11.1 Å². The summed E-state index contributed by atoms with van der Waals surface area (Å²) in [5.74, 6) is 0.805. The van der Waals surface area contributed by atoms with E-state index in [-0.39, 0.29) is 24.0 Å². The summed E-state index contributed by atoms with van der Waals surface area (Å²) >= 11 is 0. The normalized spacial score (nSPS) is 11.0. The fourth-order valence-corrected chi connectivity index (χ4v) is 2.93. The van der Waals surface area contributed by atoms with Crippen molar-refractivity contribution in [2.45, 2.75) is 26.9 Å². The molecule has 5 nitrogen and oxygen atoms in total. The Bertz CT molecular complexity index is 917. The van der Waals surface area contributed by atoms with E-state index in [0.29, 0.717) is 13.1 Å². The minimum atomic E-state index is 0. The summed E-state index contributed by atoms with van der Waals surface area (Å²) in [5, 5.41) is 10.9. The van der Waals surface area contributed by atoms with Gasteiger partial charge in [0.1, 0.15) is 0 Å². The smallest absolute Gasteiger partial charge is 0.191 e. The van der Waals surface area contributed by atoms with E-state index >= 15 is 0 Å². The third-order valence-electron chi connectivity index (χ3n) is 4.40. The molecule has 0 spiro atoms. The van der Waals surface area contributed by atoms with E-state index < -0.39 is 0 Å². The lowest BCUT2D eigenvalue weighted by Gasteiger charge is -2.12. The van der Waals surface area contributed by atoms with Crippen molar-refractivity contribution in [2.24, 2.45) is 12.0 Å². The number of nitrogens with one attached hydrogen (secondary N) is 2. The zero-order valence-electron chi connectivity index (χ0n) is 16.6. The van der Waals surface area contributed by atoms with Gasteiger partial charge in [-0.05, 0) is 42.7 Å². The predicted octanol–water partition coefficient (Wildman–Crippen LogP) is 4.27. The number of hydrogen-bond donors (Lipinski definition) is 2. The molecule has 2 aromatic carbocycles. The predicted molar refractivity (Wildman–Crippen MR) is 127 cm³/mol. The summed E-state index contributed by atoms with van der Waals surface area (Å²) < 4.78 is 1.86. The average molecular weight is 489 g/mol. The van der Waals surface area contributed by atoms with Crippen LogP contribution in [0, 0.1) is 6.92 Å². The molecule has 6 heteroatoms. The van der Waals surface area contributed by atoms with Crippen LogP contribution in [0.3, 0.4) is 0 Å². The monoisotopic (exact) mass is 489 g/mol. The first-order valence-corrected chi connectivity index (χ1v) is 9.30. The van der Waals surface area contributed by atoms with E-state index in [1.165, 1.54) is 22.3 Å². The van der Waals surface area contributed by atoms with Gasteiger partial charge in [0, 0.05) is 19.8 Å². The lowest BCUT2D eigenvalue weighted by atomic mass is 10.0. The molecule has 28 heavy (non-hydrogen) atoms. The molecule has 0 unspecified atom stereocenters. The third-order valence-corrected chi connectivity index (χ3v) is 4.40. The number of hydrogen-bond acceptors (Lipinski definition) is 2. The number of nitrogens with zero attached hydrogens (tertiary/aromatic N) is 3. The van der Waals surface area contributed by atoms with Crippen molar-refractivity contribution in [2.75, 3.05) is 6.54 Å². The molecule has 148 valence electrons. The molecule has 0 radical (unpaired) electrons. The molecular weight excluding hydrogens is 461 g/mol. The van der Waals surface area contributed by atoms with Crippen LogP contribution >= 0.6 is 24.0 Å². The second-order valence-electron chi connectivity index (χ2n) is 6.56. The maximum atomic E-state index is 4.73. The Morgan fingerprint density at radius 2 is 1.79 bits per heavy atom. The largest absolute Gasteiger partial charge is 0.357 e. The highest BCUT2D eigenvalue weighted by molar-refractivity contribution is 14.0. The molecule has 0 aliphatic carbocycles. The number of guanidine groups is 1. The number of rotatable bonds is 6. The lowest BCUT2D eigenvalue weighted by Crippen LogP contribution is -2.37. The number of aryl methyl sites for hydroxylation is 2. The first-order valence-electron chi connectivity index (χ1n) is 9.30. The van der Waals surface area contributed by atoms with Crippen molar-refractivity contribution in [3.63, 3.8) is 0 Å². The van der Waals surface area contributed by atoms with E-state index in [1.807, 2.05) is 17.8 Å². The second kappa shape index (κ2) is 10.8. The molecule has 3 rings (SSSR count). The quantitative estimate of drug-likeness (QED) is 0.309. The fraction of sp³-hybridized carbons (Fsp3) is 0.273.